The molecule has 2 N–H and O–H groups in total. The standard InChI is InChI=1S/C29H33N7O/c37-29(31-21-22-6-5-15-30-20-22)32-23-11-13-25(14-12-23)36-27-10-4-3-9-26(27)28(33-36)35-18-16-34(17-19-35)24-7-1-2-8-24/h3-6,9-15,20,24H,1-2,7-8,16-19,21H2,(H2,31,32,37). The van der Waals surface area contributed by atoms with Crippen molar-refractivity contribution in [3.63, 3.8) is 0 Å². The Morgan fingerprint density at radius 1 is 0.919 bits per heavy atom. The number of hydrogen-bond donors (Lipinski definition) is 2. The van der Waals surface area contributed by atoms with E-state index in [4.69, 9.17) is 5.10 Å². The summed E-state index contributed by atoms with van der Waals surface area (Å²) in [5.74, 6) is 1.05. The minimum atomic E-state index is -0.250. The molecule has 8 nitrogen and oxygen atoms in total. The van der Waals surface area contributed by atoms with Crippen LogP contribution in [0.1, 0.15) is 31.2 Å². The van der Waals surface area contributed by atoms with Gasteiger partial charge in [-0.15, -0.1) is 5.10 Å². The highest BCUT2D eigenvalue weighted by Gasteiger charge is 2.28. The van der Waals surface area contributed by atoms with E-state index in [0.29, 0.717) is 6.54 Å². The molecule has 0 radical (unpaired) electrons. The van der Waals surface area contributed by atoms with Gasteiger partial charge in [0.2, 0.25) is 0 Å². The number of anilines is 2. The lowest BCUT2D eigenvalue weighted by atomic mass is 10.1. The Balaban J connectivity index is 1.15. The molecule has 0 bridgehead atoms. The predicted octanol–water partition coefficient (Wildman–Crippen LogP) is 4.81. The van der Waals surface area contributed by atoms with Gasteiger partial charge in [0, 0.05) is 62.2 Å². The smallest absolute Gasteiger partial charge is 0.319 e. The summed E-state index contributed by atoms with van der Waals surface area (Å²) in [4.78, 5) is 21.5. The van der Waals surface area contributed by atoms with Crippen molar-refractivity contribution in [1.82, 2.24) is 25.0 Å². The molecule has 2 amide bonds. The SMILES string of the molecule is O=C(NCc1cccnc1)Nc1ccc(-n2nc(N3CCN(C4CCCC4)CC3)c3ccccc32)cc1. The van der Waals surface area contributed by atoms with Gasteiger partial charge in [0.05, 0.1) is 11.2 Å². The monoisotopic (exact) mass is 495 g/mol. The molecule has 37 heavy (non-hydrogen) atoms. The lowest BCUT2D eigenvalue weighted by molar-refractivity contribution is 0.187. The molecule has 1 aliphatic carbocycles. The average molecular weight is 496 g/mol. The van der Waals surface area contributed by atoms with Crippen LogP contribution in [0.15, 0.2) is 73.1 Å². The van der Waals surface area contributed by atoms with Crippen LogP contribution in [0.4, 0.5) is 16.3 Å². The van der Waals surface area contributed by atoms with E-state index in [1.807, 2.05) is 41.1 Å². The van der Waals surface area contributed by atoms with E-state index in [0.717, 1.165) is 60.5 Å². The van der Waals surface area contributed by atoms with Crippen molar-refractivity contribution in [2.75, 3.05) is 36.4 Å². The normalized spacial score (nSPS) is 16.8. The lowest BCUT2D eigenvalue weighted by Gasteiger charge is -2.38. The zero-order valence-corrected chi connectivity index (χ0v) is 21.0. The van der Waals surface area contributed by atoms with Crippen LogP contribution < -0.4 is 15.5 Å². The van der Waals surface area contributed by atoms with Gasteiger partial charge in [-0.2, -0.15) is 0 Å². The zero-order valence-electron chi connectivity index (χ0n) is 21.0. The fraction of sp³-hybridized carbons (Fsp3) is 0.345. The molecule has 2 aromatic carbocycles. The summed E-state index contributed by atoms with van der Waals surface area (Å²) >= 11 is 0. The second-order valence-corrected chi connectivity index (χ2v) is 9.93. The van der Waals surface area contributed by atoms with Crippen LogP contribution in [0.3, 0.4) is 0 Å². The highest BCUT2D eigenvalue weighted by molar-refractivity contribution is 5.92. The Morgan fingerprint density at radius 2 is 1.70 bits per heavy atom. The van der Waals surface area contributed by atoms with E-state index in [2.05, 4.69) is 49.7 Å². The summed E-state index contributed by atoms with van der Waals surface area (Å²) in [5, 5.41) is 12.0. The maximum atomic E-state index is 12.3. The van der Waals surface area contributed by atoms with Crippen molar-refractivity contribution in [1.29, 1.82) is 0 Å². The number of aromatic nitrogens is 3. The first-order valence-corrected chi connectivity index (χ1v) is 13.3. The minimum absolute atomic E-state index is 0.250. The first kappa shape index (κ1) is 23.5. The van der Waals surface area contributed by atoms with Crippen molar-refractivity contribution < 1.29 is 4.79 Å². The number of hydrogen-bond acceptors (Lipinski definition) is 5. The highest BCUT2D eigenvalue weighted by Crippen LogP contribution is 2.31. The average Bonchev–Trinajstić information content (AvgIpc) is 3.62. The first-order chi connectivity index (χ1) is 18.2. The van der Waals surface area contributed by atoms with Crippen molar-refractivity contribution in [3.05, 3.63) is 78.6 Å². The molecule has 3 heterocycles. The first-order valence-electron chi connectivity index (χ1n) is 13.3. The summed E-state index contributed by atoms with van der Waals surface area (Å²) < 4.78 is 2.01. The summed E-state index contributed by atoms with van der Waals surface area (Å²) in [7, 11) is 0. The van der Waals surface area contributed by atoms with E-state index < -0.39 is 0 Å². The molecule has 4 aromatic rings. The Kier molecular flexibility index (Phi) is 6.73. The van der Waals surface area contributed by atoms with Crippen molar-refractivity contribution in [2.45, 2.75) is 38.3 Å². The zero-order chi connectivity index (χ0) is 25.0. The number of fused-ring (bicyclic) bond motifs is 1. The summed E-state index contributed by atoms with van der Waals surface area (Å²) in [6.45, 7) is 4.65. The highest BCUT2D eigenvalue weighted by atomic mass is 16.2. The van der Waals surface area contributed by atoms with Gasteiger partial charge in [0.25, 0.3) is 0 Å². The molecule has 1 saturated carbocycles. The molecule has 0 atom stereocenters. The van der Waals surface area contributed by atoms with Gasteiger partial charge < -0.3 is 15.5 Å². The number of rotatable bonds is 6. The van der Waals surface area contributed by atoms with Crippen LogP contribution in [0.25, 0.3) is 16.6 Å². The number of pyridine rings is 1. The third-order valence-corrected chi connectivity index (χ3v) is 7.57. The van der Waals surface area contributed by atoms with E-state index in [-0.39, 0.29) is 6.03 Å². The number of carbonyl (C=O) groups excluding carboxylic acids is 1. The van der Waals surface area contributed by atoms with E-state index >= 15 is 0 Å². The third-order valence-electron chi connectivity index (χ3n) is 7.57. The molecule has 0 unspecified atom stereocenters. The van der Waals surface area contributed by atoms with Crippen LogP contribution in [-0.2, 0) is 6.54 Å². The second kappa shape index (κ2) is 10.6. The maximum absolute atomic E-state index is 12.3. The molecule has 1 saturated heterocycles. The molecule has 2 aromatic heterocycles. The van der Waals surface area contributed by atoms with E-state index in [1.54, 1.807) is 12.4 Å². The van der Waals surface area contributed by atoms with Crippen LogP contribution in [0.5, 0.6) is 0 Å². The fourth-order valence-corrected chi connectivity index (χ4v) is 5.59. The molecule has 6 rings (SSSR count). The fourth-order valence-electron chi connectivity index (χ4n) is 5.59. The summed E-state index contributed by atoms with van der Waals surface area (Å²) in [6.07, 6.45) is 8.93. The summed E-state index contributed by atoms with van der Waals surface area (Å²) in [6, 6.07) is 20.6. The van der Waals surface area contributed by atoms with Gasteiger partial charge in [0.1, 0.15) is 0 Å². The van der Waals surface area contributed by atoms with E-state index in [1.165, 1.54) is 31.1 Å². The van der Waals surface area contributed by atoms with Crippen molar-refractivity contribution >= 4 is 28.4 Å². The number of benzene rings is 2. The Morgan fingerprint density at radius 3 is 2.46 bits per heavy atom. The van der Waals surface area contributed by atoms with Crippen molar-refractivity contribution in [3.8, 4) is 5.69 Å². The topological polar surface area (TPSA) is 78.3 Å². The number of urea groups is 1. The molecular weight excluding hydrogens is 462 g/mol. The van der Waals surface area contributed by atoms with E-state index in [9.17, 15) is 4.79 Å². The molecule has 1 aliphatic heterocycles. The number of carbonyl (C=O) groups is 1. The Bertz CT molecular complexity index is 1340. The van der Waals surface area contributed by atoms with Crippen LogP contribution in [0, 0.1) is 0 Å². The number of amides is 2. The third kappa shape index (κ3) is 5.15. The molecule has 2 fully saturated rings. The predicted molar refractivity (Wildman–Crippen MR) is 147 cm³/mol. The molecular formula is C29H33N7O. The van der Waals surface area contributed by atoms with Crippen molar-refractivity contribution in [2.24, 2.45) is 0 Å². The van der Waals surface area contributed by atoms with Gasteiger partial charge >= 0.3 is 6.03 Å². The molecule has 0 spiro atoms. The second-order valence-electron chi connectivity index (χ2n) is 9.93. The number of nitrogens with zero attached hydrogens (tertiary/aromatic N) is 5. The Hall–Kier alpha value is -3.91. The van der Waals surface area contributed by atoms with Gasteiger partial charge in [-0.3, -0.25) is 9.88 Å². The number of piperazine rings is 1. The molecule has 190 valence electrons. The van der Waals surface area contributed by atoms with Crippen LogP contribution >= 0.6 is 0 Å². The lowest BCUT2D eigenvalue weighted by Crippen LogP contribution is -2.49. The minimum Gasteiger partial charge on any atom is -0.352 e. The quantitative estimate of drug-likeness (QED) is 0.402. The largest absolute Gasteiger partial charge is 0.352 e. The summed E-state index contributed by atoms with van der Waals surface area (Å²) in [5.41, 5.74) is 3.74. The van der Waals surface area contributed by atoms with Crippen LogP contribution in [0.2, 0.25) is 0 Å². The number of nitrogens with one attached hydrogen (secondary N) is 2. The van der Waals surface area contributed by atoms with Gasteiger partial charge in [-0.05, 0) is 60.9 Å². The molecule has 2 aliphatic rings. The number of para-hydroxylation sites is 1. The van der Waals surface area contributed by atoms with Gasteiger partial charge in [-0.1, -0.05) is 31.0 Å². The van der Waals surface area contributed by atoms with Gasteiger partial charge in [-0.25, -0.2) is 9.48 Å². The van der Waals surface area contributed by atoms with Crippen LogP contribution in [-0.4, -0.2) is 57.9 Å². The van der Waals surface area contributed by atoms with Gasteiger partial charge in [0.15, 0.2) is 5.82 Å². The maximum Gasteiger partial charge on any atom is 0.319 e. The molecule has 8 heteroatoms. The Labute approximate surface area is 217 Å².